The Balaban J connectivity index is 1.94. The predicted molar refractivity (Wildman–Crippen MR) is 68.8 cm³/mol. The fraction of sp³-hybridized carbons (Fsp3) is 0.923. The SMILES string of the molecule is CCCCCCCCC(=O)NC1(CCl)CC1. The van der Waals surface area contributed by atoms with E-state index in [0.29, 0.717) is 12.3 Å². The first-order valence-corrected chi connectivity index (χ1v) is 7.13. The zero-order chi connectivity index (χ0) is 11.9. The van der Waals surface area contributed by atoms with Crippen LogP contribution in [0, 0.1) is 0 Å². The first kappa shape index (κ1) is 13.8. The van der Waals surface area contributed by atoms with Crippen LogP contribution in [0.1, 0.15) is 64.7 Å². The molecule has 1 amide bonds. The number of rotatable bonds is 9. The van der Waals surface area contributed by atoms with Crippen molar-refractivity contribution in [3.63, 3.8) is 0 Å². The van der Waals surface area contributed by atoms with Crippen molar-refractivity contribution in [3.8, 4) is 0 Å². The van der Waals surface area contributed by atoms with E-state index in [-0.39, 0.29) is 11.4 Å². The number of alkyl halides is 1. The summed E-state index contributed by atoms with van der Waals surface area (Å²) in [6.07, 6.45) is 10.2. The van der Waals surface area contributed by atoms with Crippen LogP contribution in [0.2, 0.25) is 0 Å². The summed E-state index contributed by atoms with van der Waals surface area (Å²) in [6.45, 7) is 2.22. The van der Waals surface area contributed by atoms with Crippen molar-refractivity contribution in [1.82, 2.24) is 5.32 Å². The number of unbranched alkanes of at least 4 members (excludes halogenated alkanes) is 5. The Bertz CT molecular complexity index is 214. The van der Waals surface area contributed by atoms with Crippen LogP contribution in [0.4, 0.5) is 0 Å². The van der Waals surface area contributed by atoms with E-state index < -0.39 is 0 Å². The first-order chi connectivity index (χ1) is 7.72. The van der Waals surface area contributed by atoms with Gasteiger partial charge >= 0.3 is 0 Å². The van der Waals surface area contributed by atoms with Gasteiger partial charge < -0.3 is 5.32 Å². The van der Waals surface area contributed by atoms with Crippen molar-refractivity contribution in [3.05, 3.63) is 0 Å². The number of halogens is 1. The quantitative estimate of drug-likeness (QED) is 0.488. The molecule has 1 rings (SSSR count). The highest BCUT2D eigenvalue weighted by molar-refractivity contribution is 6.19. The van der Waals surface area contributed by atoms with Gasteiger partial charge in [-0.15, -0.1) is 11.6 Å². The molecule has 0 unspecified atom stereocenters. The second-order valence-corrected chi connectivity index (χ2v) is 5.25. The Morgan fingerprint density at radius 2 is 1.81 bits per heavy atom. The molecular weight excluding hydrogens is 222 g/mol. The standard InChI is InChI=1S/C13H24ClNO/c1-2-3-4-5-6-7-8-12(16)15-13(11-14)9-10-13/h2-11H2,1H3,(H,15,16). The molecule has 0 atom stereocenters. The highest BCUT2D eigenvalue weighted by Crippen LogP contribution is 2.36. The number of carbonyl (C=O) groups is 1. The molecule has 1 aliphatic rings. The third kappa shape index (κ3) is 5.20. The van der Waals surface area contributed by atoms with E-state index in [9.17, 15) is 4.79 Å². The largest absolute Gasteiger partial charge is 0.349 e. The summed E-state index contributed by atoms with van der Waals surface area (Å²) in [6, 6.07) is 0. The van der Waals surface area contributed by atoms with Gasteiger partial charge in [0.1, 0.15) is 0 Å². The molecule has 2 nitrogen and oxygen atoms in total. The molecule has 0 spiro atoms. The minimum atomic E-state index is -0.0269. The average Bonchev–Trinajstić information content (AvgIpc) is 3.04. The van der Waals surface area contributed by atoms with E-state index in [2.05, 4.69) is 12.2 Å². The van der Waals surface area contributed by atoms with Gasteiger partial charge in [0, 0.05) is 12.3 Å². The monoisotopic (exact) mass is 245 g/mol. The Kier molecular flexibility index (Phi) is 6.18. The normalized spacial score (nSPS) is 17.1. The van der Waals surface area contributed by atoms with Crippen LogP contribution in [-0.2, 0) is 4.79 Å². The molecule has 16 heavy (non-hydrogen) atoms. The number of carbonyl (C=O) groups excluding carboxylic acids is 1. The van der Waals surface area contributed by atoms with Crippen molar-refractivity contribution < 1.29 is 4.79 Å². The van der Waals surface area contributed by atoms with Gasteiger partial charge in [0.25, 0.3) is 0 Å². The van der Waals surface area contributed by atoms with Crippen LogP contribution in [0.25, 0.3) is 0 Å². The molecule has 1 fully saturated rings. The van der Waals surface area contributed by atoms with Crippen LogP contribution in [0.15, 0.2) is 0 Å². The maximum atomic E-state index is 11.6. The molecule has 0 saturated heterocycles. The maximum absolute atomic E-state index is 11.6. The van der Waals surface area contributed by atoms with Crippen LogP contribution in [0.5, 0.6) is 0 Å². The fourth-order valence-corrected chi connectivity index (χ4v) is 2.20. The average molecular weight is 246 g/mol. The number of amides is 1. The number of hydrogen-bond donors (Lipinski definition) is 1. The van der Waals surface area contributed by atoms with Crippen LogP contribution >= 0.6 is 11.6 Å². The highest BCUT2D eigenvalue weighted by atomic mass is 35.5. The van der Waals surface area contributed by atoms with Crippen molar-refractivity contribution in [1.29, 1.82) is 0 Å². The Morgan fingerprint density at radius 1 is 1.19 bits per heavy atom. The molecule has 0 aromatic rings. The van der Waals surface area contributed by atoms with Crippen LogP contribution in [0.3, 0.4) is 0 Å². The van der Waals surface area contributed by atoms with E-state index in [1.807, 2.05) is 0 Å². The maximum Gasteiger partial charge on any atom is 0.220 e. The van der Waals surface area contributed by atoms with E-state index in [1.165, 1.54) is 32.1 Å². The van der Waals surface area contributed by atoms with E-state index in [1.54, 1.807) is 0 Å². The summed E-state index contributed by atoms with van der Waals surface area (Å²) in [5, 5.41) is 3.05. The Morgan fingerprint density at radius 3 is 2.38 bits per heavy atom. The van der Waals surface area contributed by atoms with Gasteiger partial charge in [-0.25, -0.2) is 0 Å². The summed E-state index contributed by atoms with van der Waals surface area (Å²) in [5.74, 6) is 0.753. The number of nitrogens with one attached hydrogen (secondary N) is 1. The molecule has 1 N–H and O–H groups in total. The zero-order valence-electron chi connectivity index (χ0n) is 10.4. The van der Waals surface area contributed by atoms with Gasteiger partial charge in [0.05, 0.1) is 5.54 Å². The summed E-state index contributed by atoms with van der Waals surface area (Å²) in [7, 11) is 0. The third-order valence-electron chi connectivity index (χ3n) is 3.27. The molecule has 0 bridgehead atoms. The summed E-state index contributed by atoms with van der Waals surface area (Å²) in [4.78, 5) is 11.6. The zero-order valence-corrected chi connectivity index (χ0v) is 11.1. The van der Waals surface area contributed by atoms with Crippen molar-refractivity contribution in [2.24, 2.45) is 0 Å². The van der Waals surface area contributed by atoms with E-state index in [4.69, 9.17) is 11.6 Å². The lowest BCUT2D eigenvalue weighted by atomic mass is 10.1. The van der Waals surface area contributed by atoms with Gasteiger partial charge in [-0.1, -0.05) is 39.0 Å². The van der Waals surface area contributed by atoms with Gasteiger partial charge in [-0.2, -0.15) is 0 Å². The highest BCUT2D eigenvalue weighted by Gasteiger charge is 2.42. The van der Waals surface area contributed by atoms with Crippen molar-refractivity contribution in [2.75, 3.05) is 5.88 Å². The molecule has 0 heterocycles. The lowest BCUT2D eigenvalue weighted by Gasteiger charge is -2.13. The lowest BCUT2D eigenvalue weighted by Crippen LogP contribution is -2.38. The fourth-order valence-electron chi connectivity index (χ4n) is 1.87. The third-order valence-corrected chi connectivity index (χ3v) is 3.78. The van der Waals surface area contributed by atoms with Crippen molar-refractivity contribution >= 4 is 17.5 Å². The Hall–Kier alpha value is -0.240. The van der Waals surface area contributed by atoms with Gasteiger partial charge in [0.2, 0.25) is 5.91 Å². The molecule has 0 aliphatic heterocycles. The molecule has 1 aliphatic carbocycles. The molecule has 94 valence electrons. The van der Waals surface area contributed by atoms with Crippen LogP contribution in [-0.4, -0.2) is 17.3 Å². The summed E-state index contributed by atoms with van der Waals surface area (Å²) >= 11 is 5.80. The molecule has 1 saturated carbocycles. The summed E-state index contributed by atoms with van der Waals surface area (Å²) < 4.78 is 0. The van der Waals surface area contributed by atoms with E-state index in [0.717, 1.165) is 19.3 Å². The molecule has 0 radical (unpaired) electrons. The molecule has 3 heteroatoms. The smallest absolute Gasteiger partial charge is 0.220 e. The van der Waals surface area contributed by atoms with E-state index >= 15 is 0 Å². The molecule has 0 aromatic carbocycles. The minimum Gasteiger partial charge on any atom is -0.349 e. The lowest BCUT2D eigenvalue weighted by molar-refractivity contribution is -0.122. The Labute approximate surface area is 104 Å². The second-order valence-electron chi connectivity index (χ2n) is 4.98. The summed E-state index contributed by atoms with van der Waals surface area (Å²) in [5.41, 5.74) is -0.0269. The first-order valence-electron chi connectivity index (χ1n) is 6.59. The van der Waals surface area contributed by atoms with Crippen LogP contribution < -0.4 is 5.32 Å². The van der Waals surface area contributed by atoms with Gasteiger partial charge in [-0.05, 0) is 19.3 Å². The topological polar surface area (TPSA) is 29.1 Å². The van der Waals surface area contributed by atoms with Crippen molar-refractivity contribution in [2.45, 2.75) is 70.3 Å². The molecular formula is C13H24ClNO. The predicted octanol–water partition coefficient (Wildman–Crippen LogP) is 3.62. The van der Waals surface area contributed by atoms with Gasteiger partial charge in [-0.3, -0.25) is 4.79 Å². The minimum absolute atomic E-state index is 0.0269. The van der Waals surface area contributed by atoms with Gasteiger partial charge in [0.15, 0.2) is 0 Å². The number of hydrogen-bond acceptors (Lipinski definition) is 1. The second kappa shape index (κ2) is 7.16. The molecule has 0 aromatic heterocycles.